The van der Waals surface area contributed by atoms with E-state index in [0.717, 1.165) is 0 Å². The molecular formula is C39H30O24. The minimum atomic E-state index is -1.35. The van der Waals surface area contributed by atoms with Gasteiger partial charge in [-0.1, -0.05) is 0 Å². The Morgan fingerprint density at radius 3 is 0.810 bits per heavy atom. The molecule has 12 rings (SSSR count). The van der Waals surface area contributed by atoms with Gasteiger partial charge in [0, 0.05) is 0 Å². The Morgan fingerprint density at radius 2 is 0.492 bits per heavy atom. The van der Waals surface area contributed by atoms with Crippen LogP contribution in [-0.2, 0) is 115 Å². The largest absolute Gasteiger partial charge is 0.393 e. The van der Waals surface area contributed by atoms with Crippen molar-refractivity contribution in [1.82, 2.24) is 0 Å². The Bertz CT molecular complexity index is 2300. The van der Waals surface area contributed by atoms with Gasteiger partial charge in [0.15, 0.2) is 0 Å². The monoisotopic (exact) mass is 882 g/mol. The van der Waals surface area contributed by atoms with Crippen molar-refractivity contribution in [2.75, 3.05) is 0 Å². The van der Waals surface area contributed by atoms with E-state index in [9.17, 15) is 76.7 Å². The molecule has 8 saturated heterocycles. The molecule has 0 spiro atoms. The molecule has 0 aromatic rings. The van der Waals surface area contributed by atoms with Gasteiger partial charge in [0.1, 0.15) is 0 Å². The second kappa shape index (κ2) is 11.6. The zero-order valence-corrected chi connectivity index (χ0v) is 33.5. The van der Waals surface area contributed by atoms with E-state index in [2.05, 4.69) is 37.9 Å². The van der Waals surface area contributed by atoms with Crippen LogP contribution in [0.25, 0.3) is 0 Å². The fourth-order valence-electron chi connectivity index (χ4n) is 12.8. The summed E-state index contributed by atoms with van der Waals surface area (Å²) in [5.74, 6) is -19.2. The summed E-state index contributed by atoms with van der Waals surface area (Å²) in [5, 5.41) is 0. The Balaban J connectivity index is 0.000000107. The first-order valence-electron chi connectivity index (χ1n) is 19.1. The van der Waals surface area contributed by atoms with Crippen molar-refractivity contribution < 1.29 is 115 Å². The van der Waals surface area contributed by atoms with Crippen LogP contribution in [-0.4, -0.2) is 95.5 Å². The summed E-state index contributed by atoms with van der Waals surface area (Å²) in [5.41, 5.74) is -9.05. The summed E-state index contributed by atoms with van der Waals surface area (Å²) in [6.07, 6.45) is 0. The zero-order valence-electron chi connectivity index (χ0n) is 33.5. The van der Waals surface area contributed by atoms with Crippen LogP contribution in [0.2, 0.25) is 0 Å². The summed E-state index contributed by atoms with van der Waals surface area (Å²) < 4.78 is 35.9. The smallest absolute Gasteiger partial charge is 0.321 e. The van der Waals surface area contributed by atoms with Crippen molar-refractivity contribution in [3.63, 3.8) is 0 Å². The minimum Gasteiger partial charge on any atom is -0.393 e. The molecule has 0 aromatic carbocycles. The molecule has 63 heavy (non-hydrogen) atoms. The van der Waals surface area contributed by atoms with Crippen LogP contribution in [0.3, 0.4) is 0 Å². The maximum Gasteiger partial charge on any atom is 0.321 e. The molecule has 4 unspecified atom stereocenters. The normalized spacial score (nSPS) is 48.8. The number of carbonyl (C=O) groups is 16. The Morgan fingerprint density at radius 1 is 0.254 bits per heavy atom. The van der Waals surface area contributed by atoms with Crippen LogP contribution >= 0.6 is 0 Å². The minimum absolute atomic E-state index is 0.715. The van der Waals surface area contributed by atoms with Crippen molar-refractivity contribution >= 4 is 95.5 Å². The molecule has 12 fully saturated rings. The number of rotatable bonds is 0. The third-order valence-electron chi connectivity index (χ3n) is 16.8. The van der Waals surface area contributed by atoms with Crippen LogP contribution in [0.4, 0.5) is 0 Å². The summed E-state index contributed by atoms with van der Waals surface area (Å²) in [7, 11) is 0. The van der Waals surface area contributed by atoms with Crippen LogP contribution < -0.4 is 0 Å². The molecule has 8 heterocycles. The maximum absolute atomic E-state index is 12.0. The molecule has 0 bridgehead atoms. The van der Waals surface area contributed by atoms with Gasteiger partial charge in [0.05, 0.1) is 91.2 Å². The van der Waals surface area contributed by atoms with Crippen LogP contribution in [0.1, 0.15) is 48.5 Å². The Kier molecular flexibility index (Phi) is 7.62. The van der Waals surface area contributed by atoms with Gasteiger partial charge in [0.2, 0.25) is 0 Å². The number of ether oxygens (including phenoxy) is 8. The third-order valence-corrected chi connectivity index (χ3v) is 16.8. The van der Waals surface area contributed by atoms with Crippen LogP contribution in [0.5, 0.6) is 0 Å². The molecule has 0 N–H and O–H groups in total. The van der Waals surface area contributed by atoms with E-state index in [-0.39, 0.29) is 0 Å². The Hall–Kier alpha value is -6.88. The van der Waals surface area contributed by atoms with Crippen molar-refractivity contribution in [3.8, 4) is 0 Å². The number of fused-ring (bicyclic) bond motifs is 16. The zero-order chi connectivity index (χ0) is 46.6. The van der Waals surface area contributed by atoms with E-state index in [0.29, 0.717) is 0 Å². The molecule has 24 heteroatoms. The van der Waals surface area contributed by atoms with Gasteiger partial charge in [0.25, 0.3) is 0 Å². The summed E-state index contributed by atoms with van der Waals surface area (Å²) in [4.78, 5) is 183. The fourth-order valence-corrected chi connectivity index (χ4v) is 12.8. The quantitative estimate of drug-likeness (QED) is 0.135. The van der Waals surface area contributed by atoms with Gasteiger partial charge >= 0.3 is 95.5 Å². The second-order valence-corrected chi connectivity index (χ2v) is 18.5. The van der Waals surface area contributed by atoms with E-state index >= 15 is 0 Å². The molecule has 0 aromatic heterocycles. The van der Waals surface area contributed by atoms with Crippen LogP contribution in [0.15, 0.2) is 0 Å². The fraction of sp³-hybridized carbons (Fsp3) is 0.590. The van der Waals surface area contributed by atoms with E-state index in [1.165, 1.54) is 48.5 Å². The van der Waals surface area contributed by atoms with E-state index in [1.807, 2.05) is 0 Å². The number of cyclic esters (lactones) is 16. The molecule has 24 nitrogen and oxygen atoms in total. The van der Waals surface area contributed by atoms with Gasteiger partial charge in [-0.15, -0.1) is 0 Å². The predicted molar refractivity (Wildman–Crippen MR) is 177 cm³/mol. The molecule has 8 aliphatic heterocycles. The lowest BCUT2D eigenvalue weighted by Crippen LogP contribution is -2.77. The molecular weight excluding hydrogens is 852 g/mol. The second-order valence-electron chi connectivity index (χ2n) is 18.5. The van der Waals surface area contributed by atoms with Gasteiger partial charge in [-0.25, -0.2) is 0 Å². The van der Waals surface area contributed by atoms with Crippen molar-refractivity contribution in [3.05, 3.63) is 0 Å². The SMILES string of the molecule is CC12C(=O)OC(=O)C1(C)C1(C)C(=O)OC(=O)C21C.CC12C(=O)OC(=O)C1C1(C)C(=O)OC(=O)C21.CC12C(=O)OC(=O)C1C1C(=O)OC(=O)C12.O=C1OC(=O)C2C1C1C(=O)OC(=O)C21. The topological polar surface area (TPSA) is 347 Å². The van der Waals surface area contributed by atoms with Crippen LogP contribution in [0, 0.1) is 91.2 Å². The van der Waals surface area contributed by atoms with E-state index in [4.69, 9.17) is 0 Å². The lowest BCUT2D eigenvalue weighted by Gasteiger charge is -2.65. The van der Waals surface area contributed by atoms with Crippen molar-refractivity contribution in [1.29, 1.82) is 0 Å². The van der Waals surface area contributed by atoms with E-state index < -0.39 is 187 Å². The molecule has 0 amide bonds. The summed E-state index contributed by atoms with van der Waals surface area (Å²) in [6.45, 7) is 10.4. The standard InChI is InChI=1S/C12H12O6.C10H8O6.C9H6O6.C8H4O6/c1-9-5(13)17-6(14)10(9,2)12(4)8(16)18-7(15)11(9,12)3;1-9-3(5(11)15-7(9)13)10(2)4(9)6(12)16-8(10)14;1-9-3-2(5(10)14-6(3)11)4(9)7(12)15-8(9)13;9-5-1-2(6(10)13-5)4-3(1)7(11)14-8(4)12/h1-4H3;3-4H,1-2H3;2-4H,1H3;1-4H. The molecule has 4 atom stereocenters. The molecule has 12 aliphatic rings. The highest BCUT2D eigenvalue weighted by molar-refractivity contribution is 6.18. The van der Waals surface area contributed by atoms with Gasteiger partial charge in [-0.05, 0) is 48.5 Å². The lowest BCUT2D eigenvalue weighted by atomic mass is 9.27. The Labute approximate surface area is 349 Å². The van der Waals surface area contributed by atoms with Gasteiger partial charge in [-0.3, -0.25) is 76.7 Å². The third kappa shape index (κ3) is 3.92. The number of hydrogen-bond acceptors (Lipinski definition) is 24. The molecule has 4 saturated carbocycles. The molecule has 0 radical (unpaired) electrons. The molecule has 330 valence electrons. The van der Waals surface area contributed by atoms with Crippen molar-refractivity contribution in [2.24, 2.45) is 91.2 Å². The first-order valence-corrected chi connectivity index (χ1v) is 19.1. The average Bonchev–Trinajstić information content (AvgIpc) is 3.90. The molecule has 4 aliphatic carbocycles. The summed E-state index contributed by atoms with van der Waals surface area (Å²) >= 11 is 0. The number of esters is 16. The highest BCUT2D eigenvalue weighted by Gasteiger charge is 2.97. The van der Waals surface area contributed by atoms with Gasteiger partial charge < -0.3 is 37.9 Å². The maximum atomic E-state index is 12.0. The average molecular weight is 883 g/mol. The summed E-state index contributed by atoms with van der Waals surface area (Å²) in [6, 6.07) is 0. The first kappa shape index (κ1) is 41.5. The lowest BCUT2D eigenvalue weighted by molar-refractivity contribution is -0.243. The predicted octanol–water partition coefficient (Wildman–Crippen LogP) is -2.74. The van der Waals surface area contributed by atoms with Gasteiger partial charge in [-0.2, -0.15) is 0 Å². The number of carbonyl (C=O) groups excluding carboxylic acids is 16. The highest BCUT2D eigenvalue weighted by Crippen LogP contribution is 2.83. The number of hydrogen-bond donors (Lipinski definition) is 0. The first-order chi connectivity index (χ1) is 29.0. The highest BCUT2D eigenvalue weighted by atomic mass is 16.6. The van der Waals surface area contributed by atoms with Crippen molar-refractivity contribution in [2.45, 2.75) is 48.5 Å². The van der Waals surface area contributed by atoms with E-state index in [1.54, 1.807) is 0 Å².